The van der Waals surface area contributed by atoms with E-state index in [1.54, 1.807) is 0 Å². The van der Waals surface area contributed by atoms with Crippen LogP contribution in [0.4, 0.5) is 0 Å². The van der Waals surface area contributed by atoms with Crippen molar-refractivity contribution in [2.24, 2.45) is 4.99 Å². The second kappa shape index (κ2) is 4.06. The van der Waals surface area contributed by atoms with E-state index in [1.807, 2.05) is 0 Å². The van der Waals surface area contributed by atoms with Crippen molar-refractivity contribution in [3.63, 3.8) is 0 Å². The fraction of sp³-hybridized carbons (Fsp3) is 0.182. The van der Waals surface area contributed by atoms with E-state index in [0.717, 1.165) is 0 Å². The van der Waals surface area contributed by atoms with Gasteiger partial charge in [0.15, 0.2) is 5.78 Å². The Kier molecular flexibility index (Phi) is 2.75. The van der Waals surface area contributed by atoms with E-state index < -0.39 is 11.3 Å². The van der Waals surface area contributed by atoms with Crippen LogP contribution in [0.2, 0.25) is 0 Å². The SMILES string of the molecule is COC(=O)C1=CC=C2C(=O)C=CN=C2C1Cl. The molecular formula is C11H8ClNO3. The molecule has 0 spiro atoms. The second-order valence-electron chi connectivity index (χ2n) is 3.25. The molecule has 1 atom stereocenters. The van der Waals surface area contributed by atoms with Crippen molar-refractivity contribution in [3.05, 3.63) is 35.6 Å². The highest BCUT2D eigenvalue weighted by molar-refractivity contribution is 6.45. The number of fused-ring (bicyclic) bond motifs is 1. The lowest BCUT2D eigenvalue weighted by Crippen LogP contribution is -2.30. The molecule has 1 unspecified atom stereocenters. The van der Waals surface area contributed by atoms with Crippen LogP contribution >= 0.6 is 11.6 Å². The fourth-order valence-electron chi connectivity index (χ4n) is 1.53. The van der Waals surface area contributed by atoms with Crippen LogP contribution in [0.15, 0.2) is 40.6 Å². The third kappa shape index (κ3) is 1.61. The number of carbonyl (C=O) groups excluding carboxylic acids is 2. The lowest BCUT2D eigenvalue weighted by atomic mass is 9.91. The highest BCUT2D eigenvalue weighted by atomic mass is 35.5. The van der Waals surface area contributed by atoms with E-state index in [9.17, 15) is 9.59 Å². The monoisotopic (exact) mass is 237 g/mol. The maximum atomic E-state index is 11.5. The normalized spacial score (nSPS) is 23.0. The summed E-state index contributed by atoms with van der Waals surface area (Å²) < 4.78 is 4.59. The van der Waals surface area contributed by atoms with E-state index in [-0.39, 0.29) is 11.4 Å². The van der Waals surface area contributed by atoms with E-state index in [4.69, 9.17) is 11.6 Å². The van der Waals surface area contributed by atoms with Crippen LogP contribution < -0.4 is 0 Å². The van der Waals surface area contributed by atoms with Crippen molar-refractivity contribution in [1.29, 1.82) is 0 Å². The number of alkyl halides is 1. The molecule has 1 aliphatic heterocycles. The molecule has 2 aliphatic rings. The molecule has 5 heteroatoms. The Bertz CT molecular complexity index is 485. The number of ether oxygens (including phenoxy) is 1. The van der Waals surface area contributed by atoms with Crippen LogP contribution in [0.1, 0.15) is 0 Å². The number of allylic oxidation sites excluding steroid dienone is 4. The Morgan fingerprint density at radius 2 is 2.25 bits per heavy atom. The largest absolute Gasteiger partial charge is 0.466 e. The number of hydrogen-bond acceptors (Lipinski definition) is 4. The van der Waals surface area contributed by atoms with Crippen LogP contribution in [0.3, 0.4) is 0 Å². The number of methoxy groups -OCH3 is 1. The Hall–Kier alpha value is -1.68. The summed E-state index contributed by atoms with van der Waals surface area (Å²) in [4.78, 5) is 26.9. The van der Waals surface area contributed by atoms with Crippen LogP contribution in [0, 0.1) is 0 Å². The van der Waals surface area contributed by atoms with Gasteiger partial charge in [-0.25, -0.2) is 4.79 Å². The van der Waals surface area contributed by atoms with E-state index in [0.29, 0.717) is 11.3 Å². The number of esters is 1. The molecule has 1 heterocycles. The van der Waals surface area contributed by atoms with Crippen LogP contribution in [-0.4, -0.2) is 30.0 Å². The molecule has 0 aromatic carbocycles. The van der Waals surface area contributed by atoms with Gasteiger partial charge in [0.05, 0.1) is 18.4 Å². The van der Waals surface area contributed by atoms with Gasteiger partial charge in [-0.05, 0) is 12.2 Å². The summed E-state index contributed by atoms with van der Waals surface area (Å²) in [7, 11) is 1.28. The van der Waals surface area contributed by atoms with Crippen molar-refractivity contribution in [3.8, 4) is 0 Å². The molecule has 0 saturated carbocycles. The Labute approximate surface area is 96.9 Å². The molecule has 0 N–H and O–H groups in total. The van der Waals surface area contributed by atoms with Gasteiger partial charge in [0.1, 0.15) is 5.38 Å². The highest BCUT2D eigenvalue weighted by Crippen LogP contribution is 2.25. The van der Waals surface area contributed by atoms with E-state index >= 15 is 0 Å². The topological polar surface area (TPSA) is 55.7 Å². The molecule has 0 aromatic heterocycles. The van der Waals surface area contributed by atoms with E-state index in [2.05, 4.69) is 9.73 Å². The summed E-state index contributed by atoms with van der Waals surface area (Å²) in [5.74, 6) is -0.671. The van der Waals surface area contributed by atoms with Crippen LogP contribution in [0.25, 0.3) is 0 Å². The predicted molar refractivity (Wildman–Crippen MR) is 59.4 cm³/mol. The van der Waals surface area contributed by atoms with Crippen molar-refractivity contribution in [1.82, 2.24) is 0 Å². The zero-order valence-electron chi connectivity index (χ0n) is 8.44. The van der Waals surface area contributed by atoms with Crippen molar-refractivity contribution < 1.29 is 14.3 Å². The summed E-state index contributed by atoms with van der Waals surface area (Å²) in [5, 5.41) is -0.735. The first kappa shape index (κ1) is 10.8. The summed E-state index contributed by atoms with van der Waals surface area (Å²) in [5.41, 5.74) is 1.11. The molecule has 2 rings (SSSR count). The molecule has 16 heavy (non-hydrogen) atoms. The summed E-state index contributed by atoms with van der Waals surface area (Å²) in [6.45, 7) is 0. The maximum absolute atomic E-state index is 11.5. The van der Waals surface area contributed by atoms with Gasteiger partial charge >= 0.3 is 5.97 Å². The van der Waals surface area contributed by atoms with Crippen molar-refractivity contribution in [2.45, 2.75) is 5.38 Å². The minimum Gasteiger partial charge on any atom is -0.466 e. The summed E-state index contributed by atoms with van der Waals surface area (Å²) in [6, 6.07) is 0. The average Bonchev–Trinajstić information content (AvgIpc) is 2.30. The molecule has 0 aromatic rings. The zero-order valence-corrected chi connectivity index (χ0v) is 9.19. The molecule has 0 fully saturated rings. The lowest BCUT2D eigenvalue weighted by Gasteiger charge is -2.20. The van der Waals surface area contributed by atoms with Gasteiger partial charge in [0.2, 0.25) is 0 Å². The van der Waals surface area contributed by atoms with Gasteiger partial charge in [-0.2, -0.15) is 0 Å². The number of aliphatic imine (C=N–C) groups is 1. The molecule has 0 saturated heterocycles. The number of ketones is 1. The van der Waals surface area contributed by atoms with Crippen molar-refractivity contribution in [2.75, 3.05) is 7.11 Å². The second-order valence-corrected chi connectivity index (χ2v) is 3.69. The molecule has 1 aliphatic carbocycles. The molecule has 0 radical (unpaired) electrons. The van der Waals surface area contributed by atoms with Crippen LogP contribution in [0.5, 0.6) is 0 Å². The number of nitrogens with zero attached hydrogens (tertiary/aromatic N) is 1. The average molecular weight is 238 g/mol. The third-order valence-corrected chi connectivity index (χ3v) is 2.79. The first-order valence-electron chi connectivity index (χ1n) is 4.58. The molecule has 0 amide bonds. The van der Waals surface area contributed by atoms with Gasteiger partial charge in [0.25, 0.3) is 0 Å². The van der Waals surface area contributed by atoms with Crippen LogP contribution in [-0.2, 0) is 14.3 Å². The minimum atomic E-state index is -0.735. The Balaban J connectivity index is 2.44. The lowest BCUT2D eigenvalue weighted by molar-refractivity contribution is -0.136. The number of halogens is 1. The van der Waals surface area contributed by atoms with Gasteiger partial charge in [0, 0.05) is 17.8 Å². The van der Waals surface area contributed by atoms with Crippen molar-refractivity contribution >= 4 is 29.1 Å². The molecule has 0 bridgehead atoms. The number of rotatable bonds is 1. The Morgan fingerprint density at radius 1 is 1.50 bits per heavy atom. The van der Waals surface area contributed by atoms with Gasteiger partial charge in [-0.1, -0.05) is 0 Å². The summed E-state index contributed by atoms with van der Waals surface area (Å²) in [6.07, 6.45) is 5.77. The number of hydrogen-bond donors (Lipinski definition) is 0. The fourth-order valence-corrected chi connectivity index (χ4v) is 1.87. The maximum Gasteiger partial charge on any atom is 0.335 e. The number of carbonyl (C=O) groups is 2. The molecular weight excluding hydrogens is 230 g/mol. The minimum absolute atomic E-state index is 0.157. The van der Waals surface area contributed by atoms with Gasteiger partial charge in [-0.3, -0.25) is 9.79 Å². The zero-order chi connectivity index (χ0) is 11.7. The first-order chi connectivity index (χ1) is 7.65. The molecule has 4 nitrogen and oxygen atoms in total. The molecule has 82 valence electrons. The van der Waals surface area contributed by atoms with E-state index in [1.165, 1.54) is 31.5 Å². The quantitative estimate of drug-likeness (QED) is 0.508. The smallest absolute Gasteiger partial charge is 0.335 e. The van der Waals surface area contributed by atoms with Gasteiger partial charge in [-0.15, -0.1) is 11.6 Å². The Morgan fingerprint density at radius 3 is 2.94 bits per heavy atom. The standard InChI is InChI=1S/C11H8ClNO3/c1-16-11(15)7-3-2-6-8(14)4-5-13-10(6)9(7)12/h2-5,9H,1H3. The summed E-state index contributed by atoms with van der Waals surface area (Å²) >= 11 is 6.07. The van der Waals surface area contributed by atoms with Gasteiger partial charge < -0.3 is 4.74 Å². The predicted octanol–water partition coefficient (Wildman–Crippen LogP) is 1.17. The highest BCUT2D eigenvalue weighted by Gasteiger charge is 2.32. The first-order valence-corrected chi connectivity index (χ1v) is 5.02. The third-order valence-electron chi connectivity index (χ3n) is 2.34.